The molecule has 1 rings (SSSR count). The number of amides is 4. The summed E-state index contributed by atoms with van der Waals surface area (Å²) < 4.78 is 10.0. The fourth-order valence-electron chi connectivity index (χ4n) is 4.08. The van der Waals surface area contributed by atoms with Gasteiger partial charge in [-0.1, -0.05) is 13.8 Å². The number of nitrogens with one attached hydrogen (secondary N) is 5. The third kappa shape index (κ3) is 15.7. The Kier molecular flexibility index (Phi) is 16.0. The van der Waals surface area contributed by atoms with E-state index < -0.39 is 71.9 Å². The lowest BCUT2D eigenvalue weighted by atomic mass is 10.0. The Bertz CT molecular complexity index is 1210. The number of aromatic amines is 1. The van der Waals surface area contributed by atoms with Gasteiger partial charge in [0.1, 0.15) is 29.8 Å². The van der Waals surface area contributed by atoms with Crippen LogP contribution >= 0.6 is 0 Å². The number of aromatic nitrogens is 2. The molecule has 0 spiro atoms. The molecule has 10 N–H and O–H groups in total. The molecule has 0 aliphatic carbocycles. The minimum Gasteiger partial charge on any atom is -0.481 e. The lowest BCUT2D eigenvalue weighted by Gasteiger charge is -2.26. The molecule has 0 aliphatic heterocycles. The molecular formula is C28H47N9O9. The molecule has 1 aromatic rings. The molecule has 0 saturated heterocycles. The number of aliphatic carboxylic acids is 1. The van der Waals surface area contributed by atoms with Crippen molar-refractivity contribution in [1.29, 1.82) is 0 Å². The lowest BCUT2D eigenvalue weighted by molar-refractivity contribution is -0.146. The molecule has 0 aromatic carbocycles. The van der Waals surface area contributed by atoms with Gasteiger partial charge in [-0.15, -0.1) is 0 Å². The minimum absolute atomic E-state index is 0.0346. The maximum atomic E-state index is 13.5. The predicted molar refractivity (Wildman–Crippen MR) is 165 cm³/mol. The first-order valence-electron chi connectivity index (χ1n) is 14.6. The van der Waals surface area contributed by atoms with Crippen LogP contribution in [0.25, 0.3) is 0 Å². The van der Waals surface area contributed by atoms with E-state index >= 15 is 0 Å². The first kappa shape index (κ1) is 39.1. The predicted octanol–water partition coefficient (Wildman–Crippen LogP) is -0.953. The second-order valence-electron chi connectivity index (χ2n) is 11.9. The van der Waals surface area contributed by atoms with Crippen LogP contribution in [0.3, 0.4) is 0 Å². The van der Waals surface area contributed by atoms with Crippen LogP contribution in [-0.2, 0) is 39.9 Å². The van der Waals surface area contributed by atoms with Gasteiger partial charge in [-0.25, -0.2) is 14.6 Å². The van der Waals surface area contributed by atoms with Gasteiger partial charge >= 0.3 is 18.0 Å². The van der Waals surface area contributed by atoms with Crippen molar-refractivity contribution in [1.82, 2.24) is 31.2 Å². The topological polar surface area (TPSA) is 282 Å². The molecule has 18 nitrogen and oxygen atoms in total. The second kappa shape index (κ2) is 18.8. The third-order valence-electron chi connectivity index (χ3n) is 6.09. The number of esters is 1. The fraction of sp³-hybridized carbons (Fsp3) is 0.643. The molecule has 0 aliphatic rings. The summed E-state index contributed by atoms with van der Waals surface area (Å²) in [5.74, 6) is -4.98. The molecule has 46 heavy (non-hydrogen) atoms. The second-order valence-corrected chi connectivity index (χ2v) is 11.9. The van der Waals surface area contributed by atoms with Crippen molar-refractivity contribution in [3.05, 3.63) is 18.2 Å². The zero-order chi connectivity index (χ0) is 35.0. The van der Waals surface area contributed by atoms with Crippen molar-refractivity contribution in [2.24, 2.45) is 22.4 Å². The number of carbonyl (C=O) groups excluding carboxylic acids is 5. The van der Waals surface area contributed by atoms with Crippen molar-refractivity contribution in [2.75, 3.05) is 13.7 Å². The summed E-state index contributed by atoms with van der Waals surface area (Å²) in [4.78, 5) is 87.1. The number of imidazole rings is 1. The van der Waals surface area contributed by atoms with Gasteiger partial charge in [0.25, 0.3) is 0 Å². The number of guanidine groups is 1. The summed E-state index contributed by atoms with van der Waals surface area (Å²) in [6.07, 6.45) is 1.41. The summed E-state index contributed by atoms with van der Waals surface area (Å²) in [7, 11) is 1.15. The Morgan fingerprint density at radius 2 is 1.54 bits per heavy atom. The summed E-state index contributed by atoms with van der Waals surface area (Å²) >= 11 is 0. The quantitative estimate of drug-likeness (QED) is 0.0412. The maximum absolute atomic E-state index is 13.5. The van der Waals surface area contributed by atoms with Gasteiger partial charge in [-0.05, 0) is 46.0 Å². The number of nitrogens with two attached hydrogens (primary N) is 2. The Morgan fingerprint density at radius 3 is 2.07 bits per heavy atom. The van der Waals surface area contributed by atoms with Gasteiger partial charge in [-0.3, -0.25) is 24.2 Å². The van der Waals surface area contributed by atoms with Crippen LogP contribution in [0.15, 0.2) is 17.5 Å². The van der Waals surface area contributed by atoms with Crippen LogP contribution in [0.2, 0.25) is 0 Å². The van der Waals surface area contributed by atoms with E-state index in [4.69, 9.17) is 20.9 Å². The Morgan fingerprint density at radius 1 is 0.957 bits per heavy atom. The highest BCUT2D eigenvalue weighted by atomic mass is 16.6. The fourth-order valence-corrected chi connectivity index (χ4v) is 4.08. The Balaban J connectivity index is 3.27. The molecule has 0 bridgehead atoms. The first-order chi connectivity index (χ1) is 21.4. The number of rotatable bonds is 18. The van der Waals surface area contributed by atoms with Crippen LogP contribution < -0.4 is 32.7 Å². The van der Waals surface area contributed by atoms with Crippen LogP contribution in [0.4, 0.5) is 4.79 Å². The van der Waals surface area contributed by atoms with Gasteiger partial charge in [0.15, 0.2) is 5.96 Å². The van der Waals surface area contributed by atoms with Gasteiger partial charge in [-0.2, -0.15) is 0 Å². The molecule has 4 unspecified atom stereocenters. The Hall–Kier alpha value is -4.90. The van der Waals surface area contributed by atoms with E-state index in [9.17, 15) is 33.9 Å². The number of carboxylic acids is 1. The van der Waals surface area contributed by atoms with Crippen molar-refractivity contribution >= 4 is 41.7 Å². The van der Waals surface area contributed by atoms with Crippen molar-refractivity contribution in [3.8, 4) is 0 Å². The molecule has 18 heteroatoms. The number of methoxy groups -OCH3 is 1. The van der Waals surface area contributed by atoms with E-state index in [0.29, 0.717) is 5.69 Å². The van der Waals surface area contributed by atoms with Crippen molar-refractivity contribution in [2.45, 2.75) is 96.5 Å². The summed E-state index contributed by atoms with van der Waals surface area (Å²) in [5, 5.41) is 19.3. The summed E-state index contributed by atoms with van der Waals surface area (Å²) in [6, 6.07) is -5.29. The number of nitrogens with zero attached hydrogens (tertiary/aromatic N) is 2. The normalized spacial score (nSPS) is 13.7. The van der Waals surface area contributed by atoms with Gasteiger partial charge in [0.2, 0.25) is 17.7 Å². The number of alkyl carbamates (subject to hydrolysis) is 1. The monoisotopic (exact) mass is 653 g/mol. The third-order valence-corrected chi connectivity index (χ3v) is 6.09. The van der Waals surface area contributed by atoms with Crippen LogP contribution in [0, 0.1) is 5.92 Å². The molecule has 4 amide bonds. The SMILES string of the molecule is COC(=O)C(CC(C)C)NC(=O)C(CC(=O)O)NC(=O)C(Cc1cnc[nH]1)NC(=O)C(CCCN=C(N)N)NC(=O)OC(C)(C)C. The number of carboxylic acid groups (broad SMARTS) is 1. The largest absolute Gasteiger partial charge is 0.481 e. The molecule has 0 radical (unpaired) electrons. The maximum Gasteiger partial charge on any atom is 0.408 e. The molecule has 0 fully saturated rings. The lowest BCUT2D eigenvalue weighted by Crippen LogP contribution is -2.58. The summed E-state index contributed by atoms with van der Waals surface area (Å²) in [5.41, 5.74) is 10.3. The first-order valence-corrected chi connectivity index (χ1v) is 14.6. The highest BCUT2D eigenvalue weighted by molar-refractivity contribution is 5.96. The standard InChI is InChI=1S/C28H47N9O9/c1-15(2)10-20(25(43)45-6)36-24(42)19(12-21(38)39)35-23(41)18(11-16-13-31-14-33-16)34-22(40)17(8-7-9-32-26(29)30)37-27(44)46-28(3,4)5/h13-15,17-20H,7-12H2,1-6H3,(H,31,33)(H,34,40)(H,35,41)(H,36,42)(H,37,44)(H,38,39)(H4,29,30,32). The molecule has 1 aromatic heterocycles. The van der Waals surface area contributed by atoms with E-state index in [2.05, 4.69) is 36.2 Å². The van der Waals surface area contributed by atoms with E-state index in [-0.39, 0.29) is 44.1 Å². The number of carbonyl (C=O) groups is 6. The molecule has 4 atom stereocenters. The average molecular weight is 654 g/mol. The summed E-state index contributed by atoms with van der Waals surface area (Å²) in [6.45, 7) is 8.71. The zero-order valence-electron chi connectivity index (χ0n) is 27.0. The highest BCUT2D eigenvalue weighted by Crippen LogP contribution is 2.10. The molecule has 258 valence electrons. The number of hydrogen-bond acceptors (Lipinski definition) is 10. The van der Waals surface area contributed by atoms with Crippen LogP contribution in [0.1, 0.15) is 66.0 Å². The van der Waals surface area contributed by atoms with Crippen LogP contribution in [-0.4, -0.2) is 100 Å². The average Bonchev–Trinajstić information content (AvgIpc) is 3.44. The molecule has 0 saturated carbocycles. The van der Waals surface area contributed by atoms with E-state index in [1.807, 2.05) is 13.8 Å². The van der Waals surface area contributed by atoms with E-state index in [0.717, 1.165) is 7.11 Å². The van der Waals surface area contributed by atoms with Crippen molar-refractivity contribution < 1.29 is 43.3 Å². The molecular weight excluding hydrogens is 606 g/mol. The van der Waals surface area contributed by atoms with Gasteiger partial charge in [0.05, 0.1) is 19.9 Å². The number of aliphatic imine (C=N–C) groups is 1. The van der Waals surface area contributed by atoms with Gasteiger partial charge < -0.3 is 52.3 Å². The van der Waals surface area contributed by atoms with E-state index in [1.54, 1.807) is 20.8 Å². The smallest absolute Gasteiger partial charge is 0.408 e. The van der Waals surface area contributed by atoms with E-state index in [1.165, 1.54) is 12.5 Å². The molecule has 1 heterocycles. The highest BCUT2D eigenvalue weighted by Gasteiger charge is 2.33. The van der Waals surface area contributed by atoms with Gasteiger partial charge in [0, 0.05) is 24.9 Å². The van der Waals surface area contributed by atoms with Crippen molar-refractivity contribution in [3.63, 3.8) is 0 Å². The van der Waals surface area contributed by atoms with Crippen LogP contribution in [0.5, 0.6) is 0 Å². The number of H-pyrrole nitrogens is 1. The number of ether oxygens (including phenoxy) is 2. The zero-order valence-corrected chi connectivity index (χ0v) is 27.0. The number of hydrogen-bond donors (Lipinski definition) is 8. The Labute approximate surface area is 267 Å². The minimum atomic E-state index is -1.62.